The number of benzene rings is 3. The molecule has 0 aliphatic heterocycles. The number of hydrogen-bond donors (Lipinski definition) is 1. The maximum Gasteiger partial charge on any atom is 0.342 e. The zero-order valence-corrected chi connectivity index (χ0v) is 17.2. The number of carboxylic acid groups (broad SMARTS) is 1. The minimum absolute atomic E-state index is 0.0651. The smallest absolute Gasteiger partial charge is 0.342 e. The van der Waals surface area contributed by atoms with E-state index in [4.69, 9.17) is 20.8 Å². The Labute approximate surface area is 182 Å². The van der Waals surface area contributed by atoms with E-state index in [1.54, 1.807) is 30.3 Å². The van der Waals surface area contributed by atoms with Crippen LogP contribution >= 0.6 is 23.4 Å². The van der Waals surface area contributed by atoms with Crippen LogP contribution in [0, 0.1) is 0 Å². The van der Waals surface area contributed by atoms with E-state index >= 15 is 0 Å². The molecule has 1 heterocycles. The molecular formula is C23H16ClNO4S. The summed E-state index contributed by atoms with van der Waals surface area (Å²) in [5.41, 5.74) is 2.75. The standard InChI is InChI=1S/C23H16ClNO4S/c24-17-9-3-1-8-16(17)14-28-19-11-5-2-7-15(19)13-21(22(26)27)30-23-25-18-10-4-6-12-20(18)29-23/h1-13H,14H2,(H,26,27)/b21-13-. The van der Waals surface area contributed by atoms with Gasteiger partial charge in [0.25, 0.3) is 5.22 Å². The lowest BCUT2D eigenvalue weighted by Gasteiger charge is -2.11. The summed E-state index contributed by atoms with van der Waals surface area (Å²) < 4.78 is 11.5. The molecule has 5 nitrogen and oxygen atoms in total. The van der Waals surface area contributed by atoms with E-state index in [1.165, 1.54) is 0 Å². The number of thioether (sulfide) groups is 1. The number of para-hydroxylation sites is 3. The van der Waals surface area contributed by atoms with Crippen LogP contribution in [0.1, 0.15) is 11.1 Å². The first-order valence-electron chi connectivity index (χ1n) is 9.04. The highest BCUT2D eigenvalue weighted by atomic mass is 35.5. The third-order valence-electron chi connectivity index (χ3n) is 4.23. The number of rotatable bonds is 7. The lowest BCUT2D eigenvalue weighted by atomic mass is 10.2. The maximum absolute atomic E-state index is 11.8. The molecule has 0 aliphatic carbocycles. The molecule has 0 aliphatic rings. The first-order valence-corrected chi connectivity index (χ1v) is 10.2. The van der Waals surface area contributed by atoms with Crippen molar-refractivity contribution in [3.05, 3.63) is 93.9 Å². The van der Waals surface area contributed by atoms with Gasteiger partial charge in [0, 0.05) is 16.1 Å². The van der Waals surface area contributed by atoms with Crippen molar-refractivity contribution < 1.29 is 19.1 Å². The Morgan fingerprint density at radius 2 is 1.80 bits per heavy atom. The number of fused-ring (bicyclic) bond motifs is 1. The predicted molar refractivity (Wildman–Crippen MR) is 118 cm³/mol. The van der Waals surface area contributed by atoms with Crippen molar-refractivity contribution in [3.8, 4) is 5.75 Å². The zero-order valence-electron chi connectivity index (χ0n) is 15.6. The molecule has 30 heavy (non-hydrogen) atoms. The predicted octanol–water partition coefficient (Wildman–Crippen LogP) is 6.28. The monoisotopic (exact) mass is 437 g/mol. The van der Waals surface area contributed by atoms with Crippen molar-refractivity contribution in [2.24, 2.45) is 0 Å². The van der Waals surface area contributed by atoms with Crippen molar-refractivity contribution in [2.75, 3.05) is 0 Å². The minimum Gasteiger partial charge on any atom is -0.488 e. The van der Waals surface area contributed by atoms with Gasteiger partial charge in [0.2, 0.25) is 0 Å². The third-order valence-corrected chi connectivity index (χ3v) is 5.46. The number of aliphatic carboxylic acids is 1. The number of ether oxygens (including phenoxy) is 1. The molecule has 1 N–H and O–H groups in total. The van der Waals surface area contributed by atoms with E-state index in [9.17, 15) is 9.90 Å². The van der Waals surface area contributed by atoms with Gasteiger partial charge in [-0.05, 0) is 42.1 Å². The lowest BCUT2D eigenvalue weighted by molar-refractivity contribution is -0.131. The average Bonchev–Trinajstić information content (AvgIpc) is 3.16. The van der Waals surface area contributed by atoms with Crippen LogP contribution in [0.25, 0.3) is 17.2 Å². The van der Waals surface area contributed by atoms with Crippen molar-refractivity contribution in [1.82, 2.24) is 4.98 Å². The second kappa shape index (κ2) is 9.07. The topological polar surface area (TPSA) is 72.6 Å². The van der Waals surface area contributed by atoms with Crippen LogP contribution in [0.15, 0.2) is 87.3 Å². The first kappa shape index (κ1) is 20.1. The van der Waals surface area contributed by atoms with E-state index < -0.39 is 5.97 Å². The van der Waals surface area contributed by atoms with Gasteiger partial charge in [0.15, 0.2) is 5.58 Å². The summed E-state index contributed by atoms with van der Waals surface area (Å²) in [6.07, 6.45) is 1.55. The number of carbonyl (C=O) groups is 1. The molecule has 0 unspecified atom stereocenters. The van der Waals surface area contributed by atoms with Gasteiger partial charge < -0.3 is 14.3 Å². The van der Waals surface area contributed by atoms with Crippen LogP contribution in [-0.2, 0) is 11.4 Å². The molecule has 1 aromatic heterocycles. The van der Waals surface area contributed by atoms with E-state index in [2.05, 4.69) is 4.98 Å². The van der Waals surface area contributed by atoms with Crippen LogP contribution in [0.2, 0.25) is 5.02 Å². The largest absolute Gasteiger partial charge is 0.488 e. The Balaban J connectivity index is 1.59. The fourth-order valence-corrected chi connectivity index (χ4v) is 3.69. The van der Waals surface area contributed by atoms with Crippen LogP contribution in [0.5, 0.6) is 5.75 Å². The second-order valence-corrected chi connectivity index (χ2v) is 7.68. The first-order chi connectivity index (χ1) is 14.6. The quantitative estimate of drug-likeness (QED) is 0.271. The molecule has 0 bridgehead atoms. The zero-order chi connectivity index (χ0) is 20.9. The van der Waals surface area contributed by atoms with E-state index in [-0.39, 0.29) is 16.7 Å². The van der Waals surface area contributed by atoms with E-state index in [1.807, 2.05) is 48.5 Å². The number of nitrogens with zero attached hydrogens (tertiary/aromatic N) is 1. The Bertz CT molecular complexity index is 1200. The SMILES string of the molecule is O=C(O)/C(=C/c1ccccc1OCc1ccccc1Cl)Sc1nc2ccccc2o1. The summed E-state index contributed by atoms with van der Waals surface area (Å²) in [4.78, 5) is 16.2. The maximum atomic E-state index is 11.8. The molecule has 4 aromatic rings. The summed E-state index contributed by atoms with van der Waals surface area (Å²) >= 11 is 7.14. The number of halogens is 1. The normalized spacial score (nSPS) is 11.6. The van der Waals surface area contributed by atoms with Gasteiger partial charge in [0.1, 0.15) is 22.8 Å². The number of aromatic nitrogens is 1. The second-order valence-electron chi connectivity index (χ2n) is 6.28. The van der Waals surface area contributed by atoms with Crippen molar-refractivity contribution >= 4 is 46.5 Å². The summed E-state index contributed by atoms with van der Waals surface area (Å²) in [5.74, 6) is -0.530. The van der Waals surface area contributed by atoms with Gasteiger partial charge in [-0.1, -0.05) is 60.1 Å². The van der Waals surface area contributed by atoms with Gasteiger partial charge in [-0.3, -0.25) is 0 Å². The van der Waals surface area contributed by atoms with Crippen molar-refractivity contribution in [3.63, 3.8) is 0 Å². The summed E-state index contributed by atoms with van der Waals surface area (Å²) in [5, 5.41) is 10.6. The number of oxazole rings is 1. The fourth-order valence-electron chi connectivity index (χ4n) is 2.77. The Hall–Kier alpha value is -3.22. The highest BCUT2D eigenvalue weighted by molar-refractivity contribution is 8.03. The molecular weight excluding hydrogens is 422 g/mol. The Kier molecular flexibility index (Phi) is 6.07. The van der Waals surface area contributed by atoms with Crippen molar-refractivity contribution in [1.29, 1.82) is 0 Å². The molecule has 0 saturated carbocycles. The van der Waals surface area contributed by atoms with Crippen molar-refractivity contribution in [2.45, 2.75) is 11.8 Å². The molecule has 0 amide bonds. The van der Waals surface area contributed by atoms with Crippen LogP contribution in [0.3, 0.4) is 0 Å². The Morgan fingerprint density at radius 3 is 2.60 bits per heavy atom. The third kappa shape index (κ3) is 4.67. The molecule has 7 heteroatoms. The lowest BCUT2D eigenvalue weighted by Crippen LogP contribution is -2.00. The van der Waals surface area contributed by atoms with Crippen LogP contribution in [-0.4, -0.2) is 16.1 Å². The van der Waals surface area contributed by atoms with Gasteiger partial charge >= 0.3 is 5.97 Å². The molecule has 0 saturated heterocycles. The van der Waals surface area contributed by atoms with Gasteiger partial charge in [-0.15, -0.1) is 0 Å². The Morgan fingerprint density at radius 1 is 1.07 bits per heavy atom. The van der Waals surface area contributed by atoms with Crippen LogP contribution < -0.4 is 4.74 Å². The van der Waals surface area contributed by atoms with Gasteiger partial charge in [-0.25, -0.2) is 9.78 Å². The molecule has 0 spiro atoms. The summed E-state index contributed by atoms with van der Waals surface area (Å²) in [6.45, 7) is 0.269. The molecule has 4 rings (SSSR count). The fraction of sp³-hybridized carbons (Fsp3) is 0.0435. The van der Waals surface area contributed by atoms with E-state index in [0.29, 0.717) is 27.4 Å². The average molecular weight is 438 g/mol. The molecule has 0 fully saturated rings. The molecule has 0 radical (unpaired) electrons. The molecule has 0 atom stereocenters. The number of hydrogen-bond acceptors (Lipinski definition) is 5. The van der Waals surface area contributed by atoms with Gasteiger partial charge in [-0.2, -0.15) is 0 Å². The summed E-state index contributed by atoms with van der Waals surface area (Å²) in [7, 11) is 0. The van der Waals surface area contributed by atoms with Crippen LogP contribution in [0.4, 0.5) is 0 Å². The highest BCUT2D eigenvalue weighted by Crippen LogP contribution is 2.32. The molecule has 3 aromatic carbocycles. The highest BCUT2D eigenvalue weighted by Gasteiger charge is 2.16. The summed E-state index contributed by atoms with van der Waals surface area (Å²) in [6, 6.07) is 21.9. The number of carboxylic acids is 1. The minimum atomic E-state index is -1.08. The van der Waals surface area contributed by atoms with Gasteiger partial charge in [0.05, 0.1) is 0 Å². The van der Waals surface area contributed by atoms with E-state index in [0.717, 1.165) is 17.3 Å². The molecule has 150 valence electrons.